The number of hydrogen-bond donors (Lipinski definition) is 0. The third-order valence-electron chi connectivity index (χ3n) is 2.69. The zero-order valence-electron chi connectivity index (χ0n) is 11.2. The Bertz CT molecular complexity index is 358. The van der Waals surface area contributed by atoms with Crippen molar-refractivity contribution in [1.82, 2.24) is 0 Å². The Kier molecular flexibility index (Phi) is 4.88. The van der Waals surface area contributed by atoms with E-state index in [1.165, 1.54) is 5.56 Å². The van der Waals surface area contributed by atoms with E-state index < -0.39 is 0 Å². The number of hydrogen-bond acceptors (Lipinski definition) is 2. The molecule has 1 aromatic carbocycles. The van der Waals surface area contributed by atoms with E-state index in [1.54, 1.807) is 0 Å². The summed E-state index contributed by atoms with van der Waals surface area (Å²) in [5.41, 5.74) is 2.51. The summed E-state index contributed by atoms with van der Waals surface area (Å²) in [7, 11) is 0. The maximum Gasteiger partial charge on any atom is 0.162 e. The second kappa shape index (κ2) is 5.97. The van der Waals surface area contributed by atoms with Crippen LogP contribution in [-0.4, -0.2) is 19.0 Å². The summed E-state index contributed by atoms with van der Waals surface area (Å²) < 4.78 is 5.10. The lowest BCUT2D eigenvalue weighted by atomic mass is 9.86. The Balaban J connectivity index is 2.60. The summed E-state index contributed by atoms with van der Waals surface area (Å²) in [4.78, 5) is 11.5. The van der Waals surface area contributed by atoms with Crippen LogP contribution in [0.2, 0.25) is 0 Å². The van der Waals surface area contributed by atoms with Gasteiger partial charge in [0.1, 0.15) is 6.61 Å². The molecule has 0 bridgehead atoms. The van der Waals surface area contributed by atoms with Crippen molar-refractivity contribution in [3.05, 3.63) is 35.4 Å². The molecule has 2 heteroatoms. The Labute approximate surface area is 104 Å². The zero-order chi connectivity index (χ0) is 12.9. The molecule has 0 spiro atoms. The highest BCUT2D eigenvalue weighted by Gasteiger charge is 2.13. The van der Waals surface area contributed by atoms with Crippen molar-refractivity contribution in [2.75, 3.05) is 13.2 Å². The molecule has 0 aliphatic heterocycles. The van der Waals surface area contributed by atoms with Gasteiger partial charge in [0.2, 0.25) is 0 Å². The molecule has 0 amide bonds. The molecular weight excluding hydrogens is 212 g/mol. The van der Waals surface area contributed by atoms with E-state index in [9.17, 15) is 4.79 Å². The van der Waals surface area contributed by atoms with E-state index in [4.69, 9.17) is 4.74 Å². The topological polar surface area (TPSA) is 26.3 Å². The standard InChI is InChI=1S/C15H22O2/c1-5-17-11-14(16)10-12-6-8-13(9-7-12)15(2,3)4/h6-9H,5,10-11H2,1-4H3. The van der Waals surface area contributed by atoms with E-state index in [2.05, 4.69) is 32.9 Å². The second-order valence-electron chi connectivity index (χ2n) is 5.30. The molecule has 0 aliphatic rings. The van der Waals surface area contributed by atoms with Gasteiger partial charge in [0.15, 0.2) is 5.78 Å². The van der Waals surface area contributed by atoms with Gasteiger partial charge < -0.3 is 4.74 Å². The predicted molar refractivity (Wildman–Crippen MR) is 70.3 cm³/mol. The smallest absolute Gasteiger partial charge is 0.162 e. The maximum atomic E-state index is 11.5. The number of benzene rings is 1. The minimum atomic E-state index is 0.135. The minimum absolute atomic E-state index is 0.135. The van der Waals surface area contributed by atoms with Crippen LogP contribution >= 0.6 is 0 Å². The first kappa shape index (κ1) is 13.9. The molecule has 0 saturated heterocycles. The van der Waals surface area contributed by atoms with E-state index in [0.29, 0.717) is 13.0 Å². The fourth-order valence-corrected chi connectivity index (χ4v) is 1.62. The van der Waals surface area contributed by atoms with Gasteiger partial charge in [-0.05, 0) is 23.5 Å². The predicted octanol–water partition coefficient (Wildman–Crippen LogP) is 3.13. The molecule has 0 aliphatic carbocycles. The molecule has 0 heterocycles. The summed E-state index contributed by atoms with van der Waals surface area (Å²) in [5.74, 6) is 0.135. The summed E-state index contributed by atoms with van der Waals surface area (Å²) in [6.45, 7) is 9.25. The molecule has 0 atom stereocenters. The normalized spacial score (nSPS) is 11.5. The van der Waals surface area contributed by atoms with E-state index in [-0.39, 0.29) is 17.8 Å². The average Bonchev–Trinajstić information content (AvgIpc) is 2.26. The van der Waals surface area contributed by atoms with Crippen LogP contribution in [0.3, 0.4) is 0 Å². The Hall–Kier alpha value is -1.15. The highest BCUT2D eigenvalue weighted by Crippen LogP contribution is 2.22. The van der Waals surface area contributed by atoms with Crippen LogP contribution < -0.4 is 0 Å². The van der Waals surface area contributed by atoms with E-state index in [1.807, 2.05) is 19.1 Å². The van der Waals surface area contributed by atoms with Crippen LogP contribution in [-0.2, 0) is 21.4 Å². The molecule has 2 nitrogen and oxygen atoms in total. The number of Topliss-reactive ketones (excluding diaryl/α,β-unsaturated/α-hetero) is 1. The summed E-state index contributed by atoms with van der Waals surface area (Å²) in [6, 6.07) is 8.27. The van der Waals surface area contributed by atoms with Gasteiger partial charge in [-0.1, -0.05) is 45.0 Å². The summed E-state index contributed by atoms with van der Waals surface area (Å²) >= 11 is 0. The molecule has 94 valence electrons. The molecule has 0 saturated carbocycles. The minimum Gasteiger partial charge on any atom is -0.374 e. The Morgan fingerprint density at radius 2 is 1.76 bits per heavy atom. The third kappa shape index (κ3) is 4.70. The fraction of sp³-hybridized carbons (Fsp3) is 0.533. The molecule has 17 heavy (non-hydrogen) atoms. The van der Waals surface area contributed by atoms with Crippen molar-refractivity contribution in [1.29, 1.82) is 0 Å². The molecule has 0 radical (unpaired) electrons. The monoisotopic (exact) mass is 234 g/mol. The van der Waals surface area contributed by atoms with Crippen molar-refractivity contribution in [2.45, 2.75) is 39.5 Å². The lowest BCUT2D eigenvalue weighted by Crippen LogP contribution is -2.13. The number of ether oxygens (including phenoxy) is 1. The molecule has 1 aromatic rings. The highest BCUT2D eigenvalue weighted by atomic mass is 16.5. The largest absolute Gasteiger partial charge is 0.374 e. The van der Waals surface area contributed by atoms with Crippen LogP contribution in [0.5, 0.6) is 0 Å². The van der Waals surface area contributed by atoms with Crippen LogP contribution in [0, 0.1) is 0 Å². The van der Waals surface area contributed by atoms with Crippen LogP contribution in [0.25, 0.3) is 0 Å². The third-order valence-corrected chi connectivity index (χ3v) is 2.69. The zero-order valence-corrected chi connectivity index (χ0v) is 11.2. The molecule has 0 unspecified atom stereocenters. The van der Waals surface area contributed by atoms with Gasteiger partial charge in [0.05, 0.1) is 0 Å². The van der Waals surface area contributed by atoms with Gasteiger partial charge in [-0.25, -0.2) is 0 Å². The molecule has 0 fully saturated rings. The quantitative estimate of drug-likeness (QED) is 0.782. The van der Waals surface area contributed by atoms with Gasteiger partial charge in [0.25, 0.3) is 0 Å². The lowest BCUT2D eigenvalue weighted by molar-refractivity contribution is -0.122. The van der Waals surface area contributed by atoms with Gasteiger partial charge >= 0.3 is 0 Å². The van der Waals surface area contributed by atoms with Crippen molar-refractivity contribution < 1.29 is 9.53 Å². The number of rotatable bonds is 5. The van der Waals surface area contributed by atoms with Crippen LogP contribution in [0.1, 0.15) is 38.8 Å². The second-order valence-corrected chi connectivity index (χ2v) is 5.30. The van der Waals surface area contributed by atoms with Crippen molar-refractivity contribution in [2.24, 2.45) is 0 Å². The fourth-order valence-electron chi connectivity index (χ4n) is 1.62. The van der Waals surface area contributed by atoms with Crippen molar-refractivity contribution in [3.8, 4) is 0 Å². The first-order valence-corrected chi connectivity index (χ1v) is 6.12. The number of carbonyl (C=O) groups is 1. The van der Waals surface area contributed by atoms with Crippen LogP contribution in [0.15, 0.2) is 24.3 Å². The SMILES string of the molecule is CCOCC(=O)Cc1ccc(C(C)(C)C)cc1. The molecule has 1 rings (SSSR count). The molecule has 0 N–H and O–H groups in total. The first-order chi connectivity index (χ1) is 7.93. The van der Waals surface area contributed by atoms with Crippen LogP contribution in [0.4, 0.5) is 0 Å². The lowest BCUT2D eigenvalue weighted by Gasteiger charge is -2.19. The average molecular weight is 234 g/mol. The van der Waals surface area contributed by atoms with Crippen molar-refractivity contribution in [3.63, 3.8) is 0 Å². The first-order valence-electron chi connectivity index (χ1n) is 6.12. The Morgan fingerprint density at radius 3 is 2.24 bits per heavy atom. The van der Waals surface area contributed by atoms with E-state index in [0.717, 1.165) is 5.56 Å². The van der Waals surface area contributed by atoms with Gasteiger partial charge in [-0.3, -0.25) is 4.79 Å². The Morgan fingerprint density at radius 1 is 1.18 bits per heavy atom. The van der Waals surface area contributed by atoms with Gasteiger partial charge in [-0.2, -0.15) is 0 Å². The van der Waals surface area contributed by atoms with Gasteiger partial charge in [-0.15, -0.1) is 0 Å². The highest BCUT2D eigenvalue weighted by molar-refractivity contribution is 5.82. The van der Waals surface area contributed by atoms with Crippen molar-refractivity contribution >= 4 is 5.78 Å². The summed E-state index contributed by atoms with van der Waals surface area (Å²) in [6.07, 6.45) is 0.463. The van der Waals surface area contributed by atoms with E-state index >= 15 is 0 Å². The molecule has 0 aromatic heterocycles. The summed E-state index contributed by atoms with van der Waals surface area (Å²) in [5, 5.41) is 0. The molecular formula is C15H22O2. The maximum absolute atomic E-state index is 11.5. The number of ketones is 1. The van der Waals surface area contributed by atoms with Gasteiger partial charge in [0, 0.05) is 13.0 Å². The number of carbonyl (C=O) groups excluding carboxylic acids is 1.